The molecule has 54 valence electrons. The van der Waals surface area contributed by atoms with Crippen LogP contribution in [0.5, 0.6) is 0 Å². The van der Waals surface area contributed by atoms with E-state index in [0.717, 1.165) is 12.5 Å². The molecule has 1 N–H and O–H groups in total. The van der Waals surface area contributed by atoms with Crippen LogP contribution in [-0.4, -0.2) is 13.7 Å². The molecule has 0 aromatic heterocycles. The van der Waals surface area contributed by atoms with E-state index >= 15 is 0 Å². The second kappa shape index (κ2) is 3.85. The summed E-state index contributed by atoms with van der Waals surface area (Å²) in [5.74, 6) is 0.831. The first-order valence-corrected chi connectivity index (χ1v) is 3.72. The van der Waals surface area contributed by atoms with Gasteiger partial charge in [0.2, 0.25) is 0 Å². The molecular weight excluding hydrogens is 114 g/mol. The summed E-state index contributed by atoms with van der Waals surface area (Å²) in [4.78, 5) is 5.07. The molecule has 2 heteroatoms. The van der Waals surface area contributed by atoms with Gasteiger partial charge >= 0.3 is 0 Å². The van der Waals surface area contributed by atoms with Crippen LogP contribution in [0.2, 0.25) is 0 Å². The molecule has 0 aromatic carbocycles. The summed E-state index contributed by atoms with van der Waals surface area (Å²) < 4.78 is 0. The summed E-state index contributed by atoms with van der Waals surface area (Å²) in [6.07, 6.45) is 5.53. The zero-order valence-electron chi connectivity index (χ0n) is 6.02. The van der Waals surface area contributed by atoms with Crippen molar-refractivity contribution in [3.63, 3.8) is 0 Å². The number of rotatable bonds is 3. The van der Waals surface area contributed by atoms with Gasteiger partial charge in [-0.1, -0.05) is 12.8 Å². The van der Waals surface area contributed by atoms with Gasteiger partial charge in [-0.05, 0) is 18.8 Å². The van der Waals surface area contributed by atoms with Crippen LogP contribution in [0.4, 0.5) is 0 Å². The van der Waals surface area contributed by atoms with E-state index in [9.17, 15) is 0 Å². The van der Waals surface area contributed by atoms with Gasteiger partial charge in [-0.15, -0.1) is 0 Å². The van der Waals surface area contributed by atoms with Crippen LogP contribution in [0, 0.1) is 5.92 Å². The molecule has 0 spiro atoms. The zero-order chi connectivity index (χ0) is 6.53. The van der Waals surface area contributed by atoms with E-state index in [0.29, 0.717) is 0 Å². The van der Waals surface area contributed by atoms with Crippen LogP contribution in [0.15, 0.2) is 0 Å². The highest BCUT2D eigenvalue weighted by molar-refractivity contribution is 4.65. The molecule has 0 aromatic rings. The topological polar surface area (TPSA) is 21.3 Å². The van der Waals surface area contributed by atoms with E-state index in [1.54, 1.807) is 0 Å². The SMILES string of the molecule is CNOCC1CCCC1. The molecule has 2 nitrogen and oxygen atoms in total. The predicted molar refractivity (Wildman–Crippen MR) is 37.0 cm³/mol. The van der Waals surface area contributed by atoms with Crippen molar-refractivity contribution in [2.45, 2.75) is 25.7 Å². The Morgan fingerprint density at radius 1 is 1.44 bits per heavy atom. The first kappa shape index (κ1) is 7.03. The van der Waals surface area contributed by atoms with Gasteiger partial charge in [0.15, 0.2) is 0 Å². The van der Waals surface area contributed by atoms with E-state index in [-0.39, 0.29) is 0 Å². The Morgan fingerprint density at radius 2 is 2.11 bits per heavy atom. The highest BCUT2D eigenvalue weighted by Gasteiger charge is 2.14. The average Bonchev–Trinajstić information content (AvgIpc) is 2.34. The van der Waals surface area contributed by atoms with Gasteiger partial charge in [-0.25, -0.2) is 5.48 Å². The molecule has 1 rings (SSSR count). The van der Waals surface area contributed by atoms with Gasteiger partial charge in [0.05, 0.1) is 6.61 Å². The van der Waals surface area contributed by atoms with Crippen molar-refractivity contribution in [1.82, 2.24) is 5.48 Å². The maximum absolute atomic E-state index is 5.07. The lowest BCUT2D eigenvalue weighted by molar-refractivity contribution is 0.0331. The van der Waals surface area contributed by atoms with E-state index in [2.05, 4.69) is 5.48 Å². The Bertz CT molecular complexity index is 69.3. The fourth-order valence-corrected chi connectivity index (χ4v) is 1.38. The number of nitrogens with one attached hydrogen (secondary N) is 1. The predicted octanol–water partition coefficient (Wildman–Crippen LogP) is 1.33. The second-order valence-electron chi connectivity index (χ2n) is 2.67. The molecule has 0 amide bonds. The van der Waals surface area contributed by atoms with Crippen LogP contribution in [0.25, 0.3) is 0 Å². The van der Waals surface area contributed by atoms with Crippen molar-refractivity contribution >= 4 is 0 Å². The molecule has 0 radical (unpaired) electrons. The summed E-state index contributed by atoms with van der Waals surface area (Å²) in [5, 5.41) is 0. The van der Waals surface area contributed by atoms with Crippen LogP contribution in [-0.2, 0) is 4.84 Å². The Balaban J connectivity index is 1.98. The summed E-state index contributed by atoms with van der Waals surface area (Å²) >= 11 is 0. The molecule has 0 saturated heterocycles. The first-order chi connectivity index (χ1) is 4.43. The maximum atomic E-state index is 5.07. The Labute approximate surface area is 56.5 Å². The molecular formula is C7H15NO. The molecule has 0 atom stereocenters. The van der Waals surface area contributed by atoms with Crippen molar-refractivity contribution in [3.05, 3.63) is 0 Å². The molecule has 1 saturated carbocycles. The van der Waals surface area contributed by atoms with Crippen molar-refractivity contribution in [1.29, 1.82) is 0 Å². The lowest BCUT2D eigenvalue weighted by atomic mass is 10.1. The fourth-order valence-electron chi connectivity index (χ4n) is 1.38. The minimum atomic E-state index is 0.831. The van der Waals surface area contributed by atoms with Crippen molar-refractivity contribution in [2.75, 3.05) is 13.7 Å². The third-order valence-electron chi connectivity index (χ3n) is 1.94. The van der Waals surface area contributed by atoms with Crippen molar-refractivity contribution in [3.8, 4) is 0 Å². The second-order valence-corrected chi connectivity index (χ2v) is 2.67. The van der Waals surface area contributed by atoms with Gasteiger partial charge in [0.25, 0.3) is 0 Å². The molecule has 0 bridgehead atoms. The average molecular weight is 129 g/mol. The first-order valence-electron chi connectivity index (χ1n) is 3.72. The Hall–Kier alpha value is -0.0800. The van der Waals surface area contributed by atoms with E-state index in [1.165, 1.54) is 25.7 Å². The van der Waals surface area contributed by atoms with Gasteiger partial charge < -0.3 is 4.84 Å². The lowest BCUT2D eigenvalue weighted by Crippen LogP contribution is -2.13. The quantitative estimate of drug-likeness (QED) is 0.580. The highest BCUT2D eigenvalue weighted by atomic mass is 16.6. The van der Waals surface area contributed by atoms with Crippen molar-refractivity contribution < 1.29 is 4.84 Å². The third-order valence-corrected chi connectivity index (χ3v) is 1.94. The van der Waals surface area contributed by atoms with Crippen LogP contribution in [0.1, 0.15) is 25.7 Å². The number of hydroxylamine groups is 1. The summed E-state index contributed by atoms with van der Waals surface area (Å²) in [7, 11) is 1.81. The summed E-state index contributed by atoms with van der Waals surface area (Å²) in [5.41, 5.74) is 2.69. The molecule has 9 heavy (non-hydrogen) atoms. The van der Waals surface area contributed by atoms with Crippen LogP contribution < -0.4 is 5.48 Å². The Morgan fingerprint density at radius 3 is 2.67 bits per heavy atom. The van der Waals surface area contributed by atoms with Crippen LogP contribution >= 0.6 is 0 Å². The molecule has 1 fully saturated rings. The van der Waals surface area contributed by atoms with Gasteiger partial charge in [0, 0.05) is 7.05 Å². The van der Waals surface area contributed by atoms with E-state index in [1.807, 2.05) is 7.05 Å². The third kappa shape index (κ3) is 2.33. The fraction of sp³-hybridized carbons (Fsp3) is 1.00. The molecule has 0 heterocycles. The standard InChI is InChI=1S/C7H15NO/c1-8-9-6-7-4-2-3-5-7/h7-8H,2-6H2,1H3. The van der Waals surface area contributed by atoms with Crippen molar-refractivity contribution in [2.24, 2.45) is 5.92 Å². The minimum absolute atomic E-state index is 0.831. The minimum Gasteiger partial charge on any atom is -0.302 e. The van der Waals surface area contributed by atoms with E-state index < -0.39 is 0 Å². The molecule has 1 aliphatic rings. The summed E-state index contributed by atoms with van der Waals surface area (Å²) in [6.45, 7) is 0.899. The van der Waals surface area contributed by atoms with Gasteiger partial charge in [-0.3, -0.25) is 0 Å². The highest BCUT2D eigenvalue weighted by Crippen LogP contribution is 2.24. The largest absolute Gasteiger partial charge is 0.302 e. The monoisotopic (exact) mass is 129 g/mol. The summed E-state index contributed by atoms with van der Waals surface area (Å²) in [6, 6.07) is 0. The van der Waals surface area contributed by atoms with E-state index in [4.69, 9.17) is 4.84 Å². The van der Waals surface area contributed by atoms with Gasteiger partial charge in [-0.2, -0.15) is 0 Å². The molecule has 1 aliphatic carbocycles. The smallest absolute Gasteiger partial charge is 0.0710 e. The van der Waals surface area contributed by atoms with Crippen LogP contribution in [0.3, 0.4) is 0 Å². The lowest BCUT2D eigenvalue weighted by Gasteiger charge is -2.06. The number of hydrogen-bond acceptors (Lipinski definition) is 2. The zero-order valence-corrected chi connectivity index (χ0v) is 6.02. The normalized spacial score (nSPS) is 21.0. The Kier molecular flexibility index (Phi) is 3.01. The van der Waals surface area contributed by atoms with Gasteiger partial charge in [0.1, 0.15) is 0 Å². The number of hydrogen-bond donors (Lipinski definition) is 1. The molecule has 0 unspecified atom stereocenters. The maximum Gasteiger partial charge on any atom is 0.0710 e. The molecule has 0 aliphatic heterocycles.